The van der Waals surface area contributed by atoms with Crippen LogP contribution in [0.3, 0.4) is 0 Å². The number of carbonyl (C=O) groups excluding carboxylic acids is 1. The van der Waals surface area contributed by atoms with Crippen molar-refractivity contribution in [3.05, 3.63) is 0 Å². The van der Waals surface area contributed by atoms with Crippen LogP contribution in [0, 0.1) is 0 Å². The number of amides is 1. The Morgan fingerprint density at radius 1 is 0.484 bits per heavy atom. The second-order valence-electron chi connectivity index (χ2n) is 19.9. The van der Waals surface area contributed by atoms with Crippen LogP contribution in [0.1, 0.15) is 277 Å². The molecule has 10 nitrogen and oxygen atoms in total. The van der Waals surface area contributed by atoms with Gasteiger partial charge in [0.1, 0.15) is 30.5 Å². The van der Waals surface area contributed by atoms with E-state index in [1.165, 1.54) is 212 Å². The molecular formula is C54H107NO9. The lowest BCUT2D eigenvalue weighted by molar-refractivity contribution is -0.303. The Morgan fingerprint density at radius 3 is 1.16 bits per heavy atom. The summed E-state index contributed by atoms with van der Waals surface area (Å²) in [7, 11) is 0. The van der Waals surface area contributed by atoms with Gasteiger partial charge in [0.2, 0.25) is 5.91 Å². The Hall–Kier alpha value is -0.850. The summed E-state index contributed by atoms with van der Waals surface area (Å²) < 4.78 is 11.2. The van der Waals surface area contributed by atoms with Gasteiger partial charge in [0.15, 0.2) is 6.29 Å². The Morgan fingerprint density at radius 2 is 0.812 bits per heavy atom. The van der Waals surface area contributed by atoms with Crippen LogP contribution in [-0.2, 0) is 14.3 Å². The molecule has 0 bridgehead atoms. The molecule has 64 heavy (non-hydrogen) atoms. The average Bonchev–Trinajstić information content (AvgIpc) is 3.29. The van der Waals surface area contributed by atoms with Crippen LogP contribution in [0.25, 0.3) is 0 Å². The van der Waals surface area contributed by atoms with Crippen LogP contribution >= 0.6 is 0 Å². The third kappa shape index (κ3) is 33.6. The van der Waals surface area contributed by atoms with Gasteiger partial charge >= 0.3 is 0 Å². The van der Waals surface area contributed by atoms with Crippen LogP contribution in [-0.4, -0.2) is 98.7 Å². The average molecular weight is 914 g/mol. The third-order valence-corrected chi connectivity index (χ3v) is 13.8. The molecule has 0 saturated carbocycles. The number of hydrogen-bond acceptors (Lipinski definition) is 9. The van der Waals surface area contributed by atoms with Crippen LogP contribution in [0.2, 0.25) is 0 Å². The molecule has 1 aliphatic heterocycles. The normalized spacial score (nSPS) is 20.4. The van der Waals surface area contributed by atoms with Crippen LogP contribution in [0.15, 0.2) is 0 Å². The third-order valence-electron chi connectivity index (χ3n) is 13.8. The number of hydrogen-bond donors (Lipinski definition) is 7. The lowest BCUT2D eigenvalue weighted by Gasteiger charge is -2.40. The fraction of sp³-hybridized carbons (Fsp3) is 0.981. The zero-order valence-electron chi connectivity index (χ0n) is 41.9. The minimum Gasteiger partial charge on any atom is -0.394 e. The molecule has 1 heterocycles. The van der Waals surface area contributed by atoms with Gasteiger partial charge in [0.05, 0.1) is 25.4 Å². The minimum absolute atomic E-state index is 0.251. The van der Waals surface area contributed by atoms with Crippen LogP contribution < -0.4 is 5.32 Å². The molecule has 7 N–H and O–H groups in total. The summed E-state index contributed by atoms with van der Waals surface area (Å²) in [5.74, 6) is -0.251. The largest absolute Gasteiger partial charge is 0.394 e. The fourth-order valence-electron chi connectivity index (χ4n) is 9.32. The maximum atomic E-state index is 13.1. The van der Waals surface area contributed by atoms with Crippen molar-refractivity contribution in [3.8, 4) is 0 Å². The zero-order valence-corrected chi connectivity index (χ0v) is 41.9. The quantitative estimate of drug-likeness (QED) is 0.0294. The van der Waals surface area contributed by atoms with Gasteiger partial charge in [-0.3, -0.25) is 4.79 Å². The van der Waals surface area contributed by atoms with Crippen molar-refractivity contribution >= 4 is 5.91 Å². The molecular weight excluding hydrogens is 807 g/mol. The minimum atomic E-state index is -1.60. The zero-order chi connectivity index (χ0) is 46.7. The number of ether oxygens (including phenoxy) is 2. The predicted molar refractivity (Wildman–Crippen MR) is 264 cm³/mol. The second kappa shape index (κ2) is 44.6. The van der Waals surface area contributed by atoms with Crippen LogP contribution in [0.5, 0.6) is 0 Å². The number of carbonyl (C=O) groups is 1. The van der Waals surface area contributed by atoms with Crippen molar-refractivity contribution in [1.82, 2.24) is 5.32 Å². The fourth-order valence-corrected chi connectivity index (χ4v) is 9.32. The first kappa shape index (κ1) is 61.2. The van der Waals surface area contributed by atoms with E-state index in [-0.39, 0.29) is 18.9 Å². The highest BCUT2D eigenvalue weighted by Crippen LogP contribution is 2.23. The summed E-state index contributed by atoms with van der Waals surface area (Å²) in [5.41, 5.74) is 0. The molecule has 8 atom stereocenters. The van der Waals surface area contributed by atoms with Crippen LogP contribution in [0.4, 0.5) is 0 Å². The molecule has 0 aromatic carbocycles. The highest BCUT2D eigenvalue weighted by Gasteiger charge is 2.44. The van der Waals surface area contributed by atoms with Gasteiger partial charge in [-0.2, -0.15) is 0 Å². The summed E-state index contributed by atoms with van der Waals surface area (Å²) in [5, 5.41) is 65.5. The molecule has 1 aliphatic rings. The summed E-state index contributed by atoms with van der Waals surface area (Å²) in [6.07, 6.45) is 41.2. The van der Waals surface area contributed by atoms with E-state index in [4.69, 9.17) is 9.47 Å². The molecule has 0 spiro atoms. The number of nitrogens with one attached hydrogen (secondary N) is 1. The summed E-state index contributed by atoms with van der Waals surface area (Å²) in [4.78, 5) is 13.1. The first-order valence-electron chi connectivity index (χ1n) is 27.8. The van der Waals surface area contributed by atoms with E-state index in [0.717, 1.165) is 38.5 Å². The maximum Gasteiger partial charge on any atom is 0.220 e. The maximum absolute atomic E-state index is 13.1. The van der Waals surface area contributed by atoms with Gasteiger partial charge < -0.3 is 45.4 Å². The Kier molecular flexibility index (Phi) is 42.7. The molecule has 382 valence electrons. The smallest absolute Gasteiger partial charge is 0.220 e. The summed E-state index contributed by atoms with van der Waals surface area (Å²) in [6.45, 7) is 3.65. The highest BCUT2D eigenvalue weighted by molar-refractivity contribution is 5.76. The van der Waals surface area contributed by atoms with E-state index >= 15 is 0 Å². The number of aliphatic hydroxyl groups is 6. The van der Waals surface area contributed by atoms with Crippen molar-refractivity contribution in [1.29, 1.82) is 0 Å². The molecule has 0 aliphatic carbocycles. The molecule has 1 rings (SSSR count). The van der Waals surface area contributed by atoms with Crippen molar-refractivity contribution in [2.75, 3.05) is 13.2 Å². The summed E-state index contributed by atoms with van der Waals surface area (Å²) in [6, 6.07) is -0.986. The Balaban J connectivity index is 2.24. The Bertz CT molecular complexity index is 988. The Labute approximate surface area is 394 Å². The van der Waals surface area contributed by atoms with E-state index in [9.17, 15) is 35.4 Å². The van der Waals surface area contributed by atoms with Gasteiger partial charge in [0, 0.05) is 6.42 Å². The molecule has 0 radical (unpaired) electrons. The summed E-state index contributed by atoms with van der Waals surface area (Å²) >= 11 is 0. The van der Waals surface area contributed by atoms with Gasteiger partial charge in [-0.1, -0.05) is 258 Å². The molecule has 2 unspecified atom stereocenters. The van der Waals surface area contributed by atoms with E-state index < -0.39 is 55.6 Å². The topological polar surface area (TPSA) is 169 Å². The molecule has 1 fully saturated rings. The van der Waals surface area contributed by atoms with E-state index in [1.807, 2.05) is 0 Å². The molecule has 1 amide bonds. The monoisotopic (exact) mass is 914 g/mol. The number of aliphatic hydroxyl groups excluding tert-OH is 6. The van der Waals surface area contributed by atoms with E-state index in [2.05, 4.69) is 19.2 Å². The van der Waals surface area contributed by atoms with Gasteiger partial charge in [-0.05, 0) is 12.8 Å². The molecule has 1 saturated heterocycles. The van der Waals surface area contributed by atoms with Gasteiger partial charge in [-0.25, -0.2) is 0 Å². The number of rotatable bonds is 48. The second-order valence-corrected chi connectivity index (χ2v) is 19.9. The van der Waals surface area contributed by atoms with Gasteiger partial charge in [0.25, 0.3) is 0 Å². The first-order valence-corrected chi connectivity index (χ1v) is 27.8. The lowest BCUT2D eigenvalue weighted by atomic mass is 9.98. The highest BCUT2D eigenvalue weighted by atomic mass is 16.7. The SMILES string of the molecule is CCCCCCCCCCCCCCCCCCCCCCCCCCC(=O)N[C@@H](CO[C@@H]1O[C@H](CO)[C@H](O)C(O)C1O)[C@H](O)[C@H](O)CCCCCCCCCCCCCCCCC. The van der Waals surface area contributed by atoms with Crippen molar-refractivity contribution in [2.45, 2.75) is 326 Å². The molecule has 10 heteroatoms. The van der Waals surface area contributed by atoms with E-state index in [0.29, 0.717) is 6.42 Å². The van der Waals surface area contributed by atoms with E-state index in [1.54, 1.807) is 0 Å². The van der Waals surface area contributed by atoms with Crippen molar-refractivity contribution in [3.63, 3.8) is 0 Å². The van der Waals surface area contributed by atoms with Crippen molar-refractivity contribution < 1.29 is 44.9 Å². The first-order chi connectivity index (χ1) is 31.3. The van der Waals surface area contributed by atoms with Crippen molar-refractivity contribution in [2.24, 2.45) is 0 Å². The number of unbranched alkanes of at least 4 members (excludes halogenated alkanes) is 37. The molecule has 0 aromatic rings. The molecule has 0 aromatic heterocycles. The lowest BCUT2D eigenvalue weighted by Crippen LogP contribution is -2.60. The predicted octanol–water partition coefficient (Wildman–Crippen LogP) is 12.0. The standard InChI is InChI=1S/C54H107NO9/c1-3-5-7-9-11-13-15-17-19-20-21-22-23-24-25-26-27-29-31-33-35-37-39-41-43-49(58)55-46(45-63-54-53(62)52(61)51(60)48(44-56)64-54)50(59)47(57)42-40-38-36-34-32-30-28-18-16-14-12-10-8-6-4-2/h46-48,50-54,56-57,59-62H,3-45H2,1-2H3,(H,55,58)/t46-,47+,48+,50-,51-,52?,53?,54+/m0/s1. The van der Waals surface area contributed by atoms with Gasteiger partial charge in [-0.15, -0.1) is 0 Å².